The van der Waals surface area contributed by atoms with Gasteiger partial charge in [-0.25, -0.2) is 16.8 Å². The first kappa shape index (κ1) is 31.1. The third-order valence-corrected chi connectivity index (χ3v) is 9.47. The van der Waals surface area contributed by atoms with E-state index in [-0.39, 0.29) is 41.6 Å². The fraction of sp³-hybridized carbons (Fsp3) is 0.480. The minimum atomic E-state index is -4.06. The molecule has 0 aromatic heterocycles. The molecular formula is C25H34N4O9S2. The normalized spacial score (nSPS) is 15.2. The predicted octanol–water partition coefficient (Wildman–Crippen LogP) is 2.52. The standard InChI is InChI=1S/C25H34N4O9S2/c1-4-22(28(39(3,33)34)23-18-19(29(31)32)8-13-24(23)37-2)25(30)26-14-17-38-20-9-11-21(12-10-20)40(35,36)27-15-6-5-7-16-27/h8-13,18,22H,4-7,14-17H2,1-3H3,(H,26,30)/t22-/m1/s1. The molecule has 1 aliphatic rings. The quantitative estimate of drug-likeness (QED) is 0.207. The lowest BCUT2D eigenvalue weighted by atomic mass is 10.1. The number of non-ortho nitro benzene ring substituents is 1. The molecule has 2 aromatic carbocycles. The van der Waals surface area contributed by atoms with Crippen LogP contribution in [0.25, 0.3) is 0 Å². The number of ether oxygens (including phenoxy) is 2. The van der Waals surface area contributed by atoms with Gasteiger partial charge in [0.25, 0.3) is 5.69 Å². The monoisotopic (exact) mass is 598 g/mol. The highest BCUT2D eigenvalue weighted by atomic mass is 32.2. The highest BCUT2D eigenvalue weighted by Gasteiger charge is 2.34. The van der Waals surface area contributed by atoms with Gasteiger partial charge in [-0.15, -0.1) is 0 Å². The summed E-state index contributed by atoms with van der Waals surface area (Å²) in [6, 6.07) is 8.30. The van der Waals surface area contributed by atoms with Crippen LogP contribution >= 0.6 is 0 Å². The maximum Gasteiger partial charge on any atom is 0.271 e. The van der Waals surface area contributed by atoms with Gasteiger partial charge in [-0.1, -0.05) is 13.3 Å². The second-order valence-corrected chi connectivity index (χ2v) is 13.0. The van der Waals surface area contributed by atoms with Gasteiger partial charge >= 0.3 is 0 Å². The number of piperidine rings is 1. The number of nitrogens with one attached hydrogen (secondary N) is 1. The topological polar surface area (TPSA) is 165 Å². The maximum atomic E-state index is 13.1. The highest BCUT2D eigenvalue weighted by molar-refractivity contribution is 7.92. The molecule has 1 heterocycles. The Bertz CT molecular complexity index is 1410. The summed E-state index contributed by atoms with van der Waals surface area (Å²) in [5.41, 5.74) is -0.486. The second-order valence-electron chi connectivity index (χ2n) is 9.17. The lowest BCUT2D eigenvalue weighted by Crippen LogP contribution is -2.50. The minimum absolute atomic E-state index is 0.0207. The lowest BCUT2D eigenvalue weighted by molar-refractivity contribution is -0.384. The first-order valence-corrected chi connectivity index (χ1v) is 16.0. The molecule has 0 aliphatic carbocycles. The molecule has 40 heavy (non-hydrogen) atoms. The molecule has 1 fully saturated rings. The van der Waals surface area contributed by atoms with E-state index >= 15 is 0 Å². The number of hydrogen-bond donors (Lipinski definition) is 1. The number of sulfonamides is 2. The number of nitrogens with zero attached hydrogens (tertiary/aromatic N) is 3. The van der Waals surface area contributed by atoms with Crippen LogP contribution in [0.5, 0.6) is 11.5 Å². The smallest absolute Gasteiger partial charge is 0.271 e. The van der Waals surface area contributed by atoms with Crippen LogP contribution < -0.4 is 19.1 Å². The van der Waals surface area contributed by atoms with Gasteiger partial charge in [-0.3, -0.25) is 19.2 Å². The van der Waals surface area contributed by atoms with Crippen LogP contribution in [0.15, 0.2) is 47.4 Å². The fourth-order valence-corrected chi connectivity index (χ4v) is 7.15. The van der Waals surface area contributed by atoms with Gasteiger partial charge in [0, 0.05) is 25.2 Å². The van der Waals surface area contributed by atoms with Gasteiger partial charge in [-0.2, -0.15) is 4.31 Å². The summed E-state index contributed by atoms with van der Waals surface area (Å²) in [6.07, 6.45) is 3.67. The van der Waals surface area contributed by atoms with Crippen LogP contribution in [0.1, 0.15) is 32.6 Å². The van der Waals surface area contributed by atoms with E-state index in [0.717, 1.165) is 35.9 Å². The van der Waals surface area contributed by atoms with Gasteiger partial charge < -0.3 is 14.8 Å². The van der Waals surface area contributed by atoms with Gasteiger partial charge in [0.15, 0.2) is 0 Å². The molecule has 1 atom stereocenters. The molecule has 220 valence electrons. The Morgan fingerprint density at radius 2 is 1.75 bits per heavy atom. The predicted molar refractivity (Wildman–Crippen MR) is 149 cm³/mol. The van der Waals surface area contributed by atoms with Crippen molar-refractivity contribution in [3.8, 4) is 11.5 Å². The second kappa shape index (κ2) is 13.3. The SMILES string of the molecule is CC[C@H](C(=O)NCCOc1ccc(S(=O)(=O)N2CCCCC2)cc1)N(c1cc([N+](=O)[O-])ccc1OC)S(C)(=O)=O. The zero-order chi connectivity index (χ0) is 29.5. The molecular weight excluding hydrogens is 564 g/mol. The Hall–Kier alpha value is -3.43. The van der Waals surface area contributed by atoms with E-state index in [2.05, 4.69) is 5.32 Å². The number of nitro benzene ring substituents is 1. The van der Waals surface area contributed by atoms with Crippen LogP contribution in [-0.4, -0.2) is 77.6 Å². The summed E-state index contributed by atoms with van der Waals surface area (Å²) >= 11 is 0. The van der Waals surface area contributed by atoms with Crippen LogP contribution in [0.2, 0.25) is 0 Å². The summed E-state index contributed by atoms with van der Waals surface area (Å²) in [7, 11) is -6.33. The molecule has 3 rings (SSSR count). The van der Waals surface area contributed by atoms with Crippen molar-refractivity contribution < 1.29 is 36.0 Å². The number of carbonyl (C=O) groups is 1. The molecule has 0 radical (unpaired) electrons. The van der Waals surface area contributed by atoms with Crippen molar-refractivity contribution in [1.82, 2.24) is 9.62 Å². The number of rotatable bonds is 13. The lowest BCUT2D eigenvalue weighted by Gasteiger charge is -2.30. The minimum Gasteiger partial charge on any atom is -0.495 e. The van der Waals surface area contributed by atoms with E-state index in [1.54, 1.807) is 6.92 Å². The maximum absolute atomic E-state index is 13.1. The number of amides is 1. The summed E-state index contributed by atoms with van der Waals surface area (Å²) in [4.78, 5) is 23.9. The summed E-state index contributed by atoms with van der Waals surface area (Å²) in [5, 5.41) is 13.9. The molecule has 1 saturated heterocycles. The Morgan fingerprint density at radius 3 is 2.30 bits per heavy atom. The Labute approximate surface area is 234 Å². The Balaban J connectivity index is 1.66. The summed E-state index contributed by atoms with van der Waals surface area (Å²) < 4.78 is 64.2. The number of anilines is 1. The largest absolute Gasteiger partial charge is 0.495 e. The van der Waals surface area contributed by atoms with E-state index in [1.165, 1.54) is 47.8 Å². The first-order valence-electron chi connectivity index (χ1n) is 12.7. The first-order chi connectivity index (χ1) is 18.9. The summed E-state index contributed by atoms with van der Waals surface area (Å²) in [5.74, 6) is -0.178. The van der Waals surface area contributed by atoms with Gasteiger partial charge in [0.2, 0.25) is 26.0 Å². The van der Waals surface area contributed by atoms with E-state index in [9.17, 15) is 31.7 Å². The van der Waals surface area contributed by atoms with Crippen molar-refractivity contribution in [1.29, 1.82) is 0 Å². The molecule has 13 nitrogen and oxygen atoms in total. The average molecular weight is 599 g/mol. The number of carbonyl (C=O) groups excluding carboxylic acids is 1. The van der Waals surface area contributed by atoms with E-state index in [0.29, 0.717) is 18.8 Å². The van der Waals surface area contributed by atoms with Crippen molar-refractivity contribution in [2.24, 2.45) is 0 Å². The van der Waals surface area contributed by atoms with Crippen LogP contribution in [0, 0.1) is 10.1 Å². The molecule has 0 saturated carbocycles. The van der Waals surface area contributed by atoms with Gasteiger partial charge in [-0.05, 0) is 49.6 Å². The van der Waals surface area contributed by atoms with Crippen molar-refractivity contribution in [3.63, 3.8) is 0 Å². The number of nitro groups is 1. The molecule has 2 aromatic rings. The Kier molecular flexibility index (Phi) is 10.3. The molecule has 1 amide bonds. The Morgan fingerprint density at radius 1 is 1.10 bits per heavy atom. The molecule has 0 spiro atoms. The van der Waals surface area contributed by atoms with Gasteiger partial charge in [0.1, 0.15) is 29.8 Å². The van der Waals surface area contributed by atoms with Crippen LogP contribution in [0.3, 0.4) is 0 Å². The summed E-state index contributed by atoms with van der Waals surface area (Å²) in [6.45, 7) is 2.67. The van der Waals surface area contributed by atoms with Crippen LogP contribution in [-0.2, 0) is 24.8 Å². The van der Waals surface area contributed by atoms with E-state index < -0.39 is 36.9 Å². The van der Waals surface area contributed by atoms with Crippen molar-refractivity contribution in [2.45, 2.75) is 43.5 Å². The average Bonchev–Trinajstić information content (AvgIpc) is 2.93. The number of benzene rings is 2. The van der Waals surface area contributed by atoms with E-state index in [1.807, 2.05) is 0 Å². The van der Waals surface area contributed by atoms with Gasteiger partial charge in [0.05, 0.1) is 29.7 Å². The van der Waals surface area contributed by atoms with Crippen LogP contribution in [0.4, 0.5) is 11.4 Å². The third-order valence-electron chi connectivity index (χ3n) is 6.39. The van der Waals surface area contributed by atoms with Crippen molar-refractivity contribution >= 4 is 37.3 Å². The highest BCUT2D eigenvalue weighted by Crippen LogP contribution is 2.35. The molecule has 1 N–H and O–H groups in total. The molecule has 0 bridgehead atoms. The third kappa shape index (κ3) is 7.40. The molecule has 0 unspecified atom stereocenters. The number of methoxy groups -OCH3 is 1. The zero-order valence-electron chi connectivity index (χ0n) is 22.6. The number of hydrogen-bond acceptors (Lipinski definition) is 9. The van der Waals surface area contributed by atoms with E-state index in [4.69, 9.17) is 9.47 Å². The fourth-order valence-electron chi connectivity index (χ4n) is 4.42. The van der Waals surface area contributed by atoms with Crippen molar-refractivity contribution in [3.05, 3.63) is 52.6 Å². The van der Waals surface area contributed by atoms with Crippen molar-refractivity contribution in [2.75, 3.05) is 43.9 Å². The zero-order valence-corrected chi connectivity index (χ0v) is 24.2. The molecule has 15 heteroatoms. The molecule has 1 aliphatic heterocycles.